The van der Waals surface area contributed by atoms with E-state index in [4.69, 9.17) is 9.57 Å². The lowest BCUT2D eigenvalue weighted by molar-refractivity contribution is -0.184. The molecule has 1 N–H and O–H groups in total. The summed E-state index contributed by atoms with van der Waals surface area (Å²) in [7, 11) is 1.29. The van der Waals surface area contributed by atoms with Crippen molar-refractivity contribution in [2.75, 3.05) is 56.2 Å². The van der Waals surface area contributed by atoms with E-state index in [1.165, 1.54) is 30.1 Å². The van der Waals surface area contributed by atoms with E-state index in [9.17, 15) is 19.2 Å². The first-order valence-corrected chi connectivity index (χ1v) is 11.1. The Morgan fingerprint density at radius 3 is 2.71 bits per heavy atom. The molecule has 2 aliphatic heterocycles. The summed E-state index contributed by atoms with van der Waals surface area (Å²) in [5, 5.41) is 3.84. The molecule has 3 aliphatic rings. The number of esters is 1. The van der Waals surface area contributed by atoms with Crippen molar-refractivity contribution in [3.8, 4) is 0 Å². The molecule has 3 fully saturated rings. The van der Waals surface area contributed by atoms with Crippen molar-refractivity contribution < 1.29 is 37.9 Å². The minimum atomic E-state index is -0.606. The number of hydroxylamine groups is 2. The predicted octanol–water partition coefficient (Wildman–Crippen LogP) is 0.676. The number of halogens is 1. The van der Waals surface area contributed by atoms with Crippen LogP contribution < -0.4 is 15.1 Å². The number of rotatable bonds is 6. The van der Waals surface area contributed by atoms with Gasteiger partial charge in [0.05, 0.1) is 56.6 Å². The molecule has 1 aromatic carbocycles. The molecule has 1 aromatic rings. The molecule has 2 saturated heterocycles. The standard InChI is InChI=1S/C22H27FN4O7/c1-13(28)24-11-15-12-26(22(31)34-15)14-3-4-19(18(23)9-14)25-5-6-27(33-8-7-25)20(29)16-10-17(16)21(30)32-2/h3-4,9,15-17H,5-8,10-12H2,1-2H3,(H,24,28)/t15-,16?,17?/m0/s1. The topological polar surface area (TPSA) is 118 Å². The summed E-state index contributed by atoms with van der Waals surface area (Å²) >= 11 is 0. The zero-order chi connectivity index (χ0) is 24.4. The number of nitrogens with one attached hydrogen (secondary N) is 1. The quantitative estimate of drug-likeness (QED) is 0.593. The van der Waals surface area contributed by atoms with Crippen LogP contribution in [0.1, 0.15) is 13.3 Å². The number of hydrogen-bond donors (Lipinski definition) is 1. The maximum absolute atomic E-state index is 15.0. The van der Waals surface area contributed by atoms with Crippen LogP contribution in [-0.2, 0) is 28.7 Å². The third-order valence-electron chi connectivity index (χ3n) is 6.08. The fraction of sp³-hybridized carbons (Fsp3) is 0.545. The zero-order valence-corrected chi connectivity index (χ0v) is 19.0. The largest absolute Gasteiger partial charge is 0.469 e. The van der Waals surface area contributed by atoms with Crippen molar-refractivity contribution in [3.05, 3.63) is 24.0 Å². The molecule has 184 valence electrons. The second-order valence-electron chi connectivity index (χ2n) is 8.42. The number of nitrogens with zero attached hydrogens (tertiary/aromatic N) is 3. The molecule has 3 atom stereocenters. The van der Waals surface area contributed by atoms with Crippen LogP contribution in [0.25, 0.3) is 0 Å². The molecule has 1 aliphatic carbocycles. The van der Waals surface area contributed by atoms with Crippen molar-refractivity contribution >= 4 is 35.3 Å². The Bertz CT molecular complexity index is 990. The smallest absolute Gasteiger partial charge is 0.414 e. The Labute approximate surface area is 195 Å². The monoisotopic (exact) mass is 478 g/mol. The van der Waals surface area contributed by atoms with Gasteiger partial charge in [-0.3, -0.25) is 24.1 Å². The molecule has 11 nitrogen and oxygen atoms in total. The third-order valence-corrected chi connectivity index (χ3v) is 6.08. The second kappa shape index (κ2) is 9.84. The van der Waals surface area contributed by atoms with E-state index in [0.717, 1.165) is 0 Å². The van der Waals surface area contributed by atoms with Crippen LogP contribution in [0, 0.1) is 17.7 Å². The van der Waals surface area contributed by atoms with Crippen LogP contribution in [0.3, 0.4) is 0 Å². The van der Waals surface area contributed by atoms with Crippen molar-refractivity contribution in [2.24, 2.45) is 11.8 Å². The summed E-state index contributed by atoms with van der Waals surface area (Å²) in [5.74, 6) is -2.30. The first-order valence-electron chi connectivity index (χ1n) is 11.1. The molecule has 4 rings (SSSR count). The number of cyclic esters (lactones) is 1. The molecule has 2 unspecified atom stereocenters. The van der Waals surface area contributed by atoms with E-state index >= 15 is 4.39 Å². The van der Waals surface area contributed by atoms with Gasteiger partial charge in [-0.1, -0.05) is 0 Å². The molecule has 3 amide bonds. The number of anilines is 2. The Morgan fingerprint density at radius 1 is 1.21 bits per heavy atom. The summed E-state index contributed by atoms with van der Waals surface area (Å²) in [6.07, 6.45) is -0.684. The molecule has 0 bridgehead atoms. The lowest BCUT2D eigenvalue weighted by atomic mass is 10.2. The van der Waals surface area contributed by atoms with Gasteiger partial charge in [0, 0.05) is 20.0 Å². The van der Waals surface area contributed by atoms with Crippen molar-refractivity contribution in [1.29, 1.82) is 0 Å². The number of carbonyl (C=O) groups excluding carboxylic acids is 4. The first-order chi connectivity index (χ1) is 16.3. The molecular weight excluding hydrogens is 451 g/mol. The van der Waals surface area contributed by atoms with Crippen LogP contribution in [-0.4, -0.2) is 81.5 Å². The SMILES string of the molecule is COC(=O)C1CC1C(=O)N1CCN(c2ccc(N3C[C@H](CNC(C)=O)OC3=O)cc2F)CCO1. The lowest BCUT2D eigenvalue weighted by Crippen LogP contribution is -2.36. The Balaban J connectivity index is 1.36. The maximum atomic E-state index is 15.0. The van der Waals surface area contributed by atoms with Crippen molar-refractivity contribution in [1.82, 2.24) is 10.4 Å². The van der Waals surface area contributed by atoms with E-state index in [2.05, 4.69) is 10.1 Å². The molecule has 12 heteroatoms. The Kier molecular flexibility index (Phi) is 6.87. The number of methoxy groups -OCH3 is 1. The summed E-state index contributed by atoms with van der Waals surface area (Å²) < 4.78 is 24.9. The van der Waals surface area contributed by atoms with Crippen LogP contribution in [0.4, 0.5) is 20.6 Å². The number of carbonyl (C=O) groups is 4. The zero-order valence-electron chi connectivity index (χ0n) is 19.0. The van der Waals surface area contributed by atoms with Crippen LogP contribution in [0.5, 0.6) is 0 Å². The fourth-order valence-electron chi connectivity index (χ4n) is 4.14. The summed E-state index contributed by atoms with van der Waals surface area (Å²) in [5.41, 5.74) is 0.671. The van der Waals surface area contributed by atoms with Crippen LogP contribution in [0.15, 0.2) is 18.2 Å². The maximum Gasteiger partial charge on any atom is 0.414 e. The highest BCUT2D eigenvalue weighted by Crippen LogP contribution is 2.41. The summed E-state index contributed by atoms with van der Waals surface area (Å²) in [4.78, 5) is 56.1. The van der Waals surface area contributed by atoms with Gasteiger partial charge in [-0.05, 0) is 24.6 Å². The van der Waals surface area contributed by atoms with Gasteiger partial charge in [0.2, 0.25) is 11.8 Å². The van der Waals surface area contributed by atoms with Crippen LogP contribution in [0.2, 0.25) is 0 Å². The predicted molar refractivity (Wildman–Crippen MR) is 116 cm³/mol. The van der Waals surface area contributed by atoms with Gasteiger partial charge < -0.3 is 19.7 Å². The van der Waals surface area contributed by atoms with Gasteiger partial charge in [-0.2, -0.15) is 0 Å². The lowest BCUT2D eigenvalue weighted by Gasteiger charge is -2.24. The number of ether oxygens (including phenoxy) is 2. The van der Waals surface area contributed by atoms with Crippen LogP contribution >= 0.6 is 0 Å². The highest BCUT2D eigenvalue weighted by Gasteiger charge is 2.51. The van der Waals surface area contributed by atoms with Crippen molar-refractivity contribution in [3.63, 3.8) is 0 Å². The number of amides is 3. The average Bonchev–Trinajstić information content (AvgIpc) is 3.57. The van der Waals surface area contributed by atoms with Crippen molar-refractivity contribution in [2.45, 2.75) is 19.4 Å². The highest BCUT2D eigenvalue weighted by atomic mass is 19.1. The second-order valence-corrected chi connectivity index (χ2v) is 8.42. The summed E-state index contributed by atoms with van der Waals surface area (Å²) in [6.45, 7) is 2.83. The highest BCUT2D eigenvalue weighted by molar-refractivity contribution is 5.90. The minimum Gasteiger partial charge on any atom is -0.469 e. The van der Waals surface area contributed by atoms with Gasteiger partial charge in [0.15, 0.2) is 0 Å². The van der Waals surface area contributed by atoms with Gasteiger partial charge in [-0.15, -0.1) is 0 Å². The Morgan fingerprint density at radius 2 is 2.00 bits per heavy atom. The minimum absolute atomic E-state index is 0.172. The van der Waals surface area contributed by atoms with E-state index in [1.807, 2.05) is 0 Å². The van der Waals surface area contributed by atoms with E-state index < -0.39 is 35.8 Å². The number of benzene rings is 1. The van der Waals surface area contributed by atoms with Gasteiger partial charge in [0.1, 0.15) is 11.9 Å². The molecular formula is C22H27FN4O7. The first kappa shape index (κ1) is 23.7. The molecule has 1 saturated carbocycles. The molecule has 34 heavy (non-hydrogen) atoms. The third kappa shape index (κ3) is 5.06. The molecule has 0 spiro atoms. The normalized spacial score (nSPS) is 24.4. The molecule has 0 radical (unpaired) electrons. The summed E-state index contributed by atoms with van der Waals surface area (Å²) in [6, 6.07) is 4.46. The number of hydrogen-bond acceptors (Lipinski definition) is 8. The fourth-order valence-corrected chi connectivity index (χ4v) is 4.14. The molecule has 0 aromatic heterocycles. The Hall–Kier alpha value is -3.41. The van der Waals surface area contributed by atoms with E-state index in [1.54, 1.807) is 17.0 Å². The molecule has 2 heterocycles. The van der Waals surface area contributed by atoms with E-state index in [-0.39, 0.29) is 38.1 Å². The van der Waals surface area contributed by atoms with Gasteiger partial charge in [0.25, 0.3) is 0 Å². The van der Waals surface area contributed by atoms with Gasteiger partial charge >= 0.3 is 12.1 Å². The van der Waals surface area contributed by atoms with E-state index in [0.29, 0.717) is 30.9 Å². The average molecular weight is 478 g/mol. The van der Waals surface area contributed by atoms with Gasteiger partial charge in [-0.25, -0.2) is 14.2 Å².